The van der Waals surface area contributed by atoms with Crippen LogP contribution in [0.1, 0.15) is 31.1 Å². The van der Waals surface area contributed by atoms with Gasteiger partial charge in [0.1, 0.15) is 12.3 Å². The number of rotatable bonds is 9. The van der Waals surface area contributed by atoms with Gasteiger partial charge in [0.15, 0.2) is 0 Å². The van der Waals surface area contributed by atoms with Crippen LogP contribution in [0.25, 0.3) is 0 Å². The van der Waals surface area contributed by atoms with Crippen LogP contribution in [0.3, 0.4) is 0 Å². The molecule has 0 aliphatic carbocycles. The number of sulfonamides is 1. The maximum atomic E-state index is 13.1. The van der Waals surface area contributed by atoms with Crippen molar-refractivity contribution in [2.45, 2.75) is 31.7 Å². The number of likely N-dealkylation sites (N-methyl/N-ethyl adjacent to an activating group) is 1. The Bertz CT molecular complexity index is 1090. The normalized spacial score (nSPS) is 11.5. The lowest BCUT2D eigenvalue weighted by molar-refractivity contribution is -0.116. The molecule has 174 valence electrons. The highest BCUT2D eigenvalue weighted by molar-refractivity contribution is 7.89. The van der Waals surface area contributed by atoms with Crippen molar-refractivity contribution in [2.24, 2.45) is 0 Å². The number of hydrogen-bond acceptors (Lipinski definition) is 5. The third-order valence-corrected chi connectivity index (χ3v) is 7.29. The predicted molar refractivity (Wildman–Crippen MR) is 125 cm³/mol. The van der Waals surface area contributed by atoms with Gasteiger partial charge in [0.05, 0.1) is 22.6 Å². The van der Waals surface area contributed by atoms with Crippen LogP contribution in [0.15, 0.2) is 47.4 Å². The first-order valence-corrected chi connectivity index (χ1v) is 11.8. The van der Waals surface area contributed by atoms with Gasteiger partial charge in [-0.15, -0.1) is 0 Å². The molecule has 0 fully saturated rings. The molecule has 32 heavy (non-hydrogen) atoms. The van der Waals surface area contributed by atoms with E-state index in [1.807, 2.05) is 0 Å². The molecule has 2 aromatic rings. The molecule has 0 saturated carbocycles. The van der Waals surface area contributed by atoms with Crippen molar-refractivity contribution in [3.05, 3.63) is 53.1 Å². The van der Waals surface area contributed by atoms with E-state index in [-0.39, 0.29) is 34.6 Å². The Kier molecular flexibility index (Phi) is 8.65. The van der Waals surface area contributed by atoms with E-state index in [4.69, 9.17) is 16.3 Å². The van der Waals surface area contributed by atoms with E-state index in [1.165, 1.54) is 41.6 Å². The fourth-order valence-electron chi connectivity index (χ4n) is 2.84. The molecule has 0 aliphatic rings. The van der Waals surface area contributed by atoms with Crippen LogP contribution in [0.5, 0.6) is 5.75 Å². The minimum absolute atomic E-state index is 0.0147. The van der Waals surface area contributed by atoms with Gasteiger partial charge < -0.3 is 15.0 Å². The first-order chi connectivity index (χ1) is 15.0. The van der Waals surface area contributed by atoms with Crippen LogP contribution < -0.4 is 10.1 Å². The number of hydrogen-bond donors (Lipinski definition) is 1. The molecule has 0 spiro atoms. The first kappa shape index (κ1) is 25.6. The van der Waals surface area contributed by atoms with Crippen LogP contribution in [0, 0.1) is 0 Å². The van der Waals surface area contributed by atoms with Crippen molar-refractivity contribution in [2.75, 3.05) is 32.6 Å². The fraction of sp³-hybridized carbons (Fsp3) is 0.364. The molecule has 0 saturated heterocycles. The number of methoxy groups -OCH3 is 1. The van der Waals surface area contributed by atoms with Crippen molar-refractivity contribution >= 4 is 39.1 Å². The Labute approximate surface area is 194 Å². The second-order valence-electron chi connectivity index (χ2n) is 7.36. The summed E-state index contributed by atoms with van der Waals surface area (Å²) in [6.45, 7) is 5.21. The Morgan fingerprint density at radius 1 is 1.16 bits per heavy atom. The molecule has 1 N–H and O–H groups in total. The molecular weight excluding hydrogens is 454 g/mol. The SMILES string of the molecule is CCN(CC(=O)Nc1cccc(OC)c1)C(=O)c1cc(S(=O)(=O)N(C)C(C)C)ccc1Cl. The van der Waals surface area contributed by atoms with Crippen molar-refractivity contribution in [1.82, 2.24) is 9.21 Å². The Hall–Kier alpha value is -2.62. The third-order valence-electron chi connectivity index (χ3n) is 4.93. The lowest BCUT2D eigenvalue weighted by Gasteiger charge is -2.23. The second-order valence-corrected chi connectivity index (χ2v) is 9.76. The van der Waals surface area contributed by atoms with E-state index in [2.05, 4.69) is 5.32 Å². The highest BCUT2D eigenvalue weighted by Crippen LogP contribution is 2.25. The Balaban J connectivity index is 2.25. The predicted octanol–water partition coefficient (Wildman–Crippen LogP) is 3.48. The fourth-order valence-corrected chi connectivity index (χ4v) is 4.44. The molecule has 0 atom stereocenters. The molecule has 10 heteroatoms. The van der Waals surface area contributed by atoms with E-state index in [0.29, 0.717) is 11.4 Å². The average molecular weight is 482 g/mol. The maximum absolute atomic E-state index is 13.1. The monoisotopic (exact) mass is 481 g/mol. The van der Waals surface area contributed by atoms with Gasteiger partial charge in [-0.3, -0.25) is 9.59 Å². The second kappa shape index (κ2) is 10.8. The number of carbonyl (C=O) groups is 2. The molecule has 2 rings (SSSR count). The zero-order valence-corrected chi connectivity index (χ0v) is 20.3. The lowest BCUT2D eigenvalue weighted by atomic mass is 10.2. The van der Waals surface area contributed by atoms with Gasteiger partial charge in [-0.1, -0.05) is 17.7 Å². The minimum Gasteiger partial charge on any atom is -0.497 e. The minimum atomic E-state index is -3.80. The highest BCUT2D eigenvalue weighted by atomic mass is 35.5. The van der Waals surface area contributed by atoms with Gasteiger partial charge in [-0.2, -0.15) is 4.31 Å². The summed E-state index contributed by atoms with van der Waals surface area (Å²) in [6.07, 6.45) is 0. The number of nitrogens with zero attached hydrogens (tertiary/aromatic N) is 2. The van der Waals surface area contributed by atoms with Gasteiger partial charge in [0, 0.05) is 31.4 Å². The molecule has 0 bridgehead atoms. The topological polar surface area (TPSA) is 96.0 Å². The number of nitrogens with one attached hydrogen (secondary N) is 1. The van der Waals surface area contributed by atoms with Gasteiger partial charge in [0.2, 0.25) is 15.9 Å². The van der Waals surface area contributed by atoms with Crippen LogP contribution >= 0.6 is 11.6 Å². The summed E-state index contributed by atoms with van der Waals surface area (Å²) in [6, 6.07) is 10.6. The number of anilines is 1. The third kappa shape index (κ3) is 5.99. The van der Waals surface area contributed by atoms with E-state index < -0.39 is 21.8 Å². The van der Waals surface area contributed by atoms with Gasteiger partial charge >= 0.3 is 0 Å². The standard InChI is InChI=1S/C22H28ClN3O5S/c1-6-26(14-21(27)24-16-8-7-9-17(12-16)31-5)22(28)19-13-18(10-11-20(19)23)32(29,30)25(4)15(2)3/h7-13,15H,6,14H2,1-5H3,(H,24,27). The quantitative estimate of drug-likeness (QED) is 0.591. The summed E-state index contributed by atoms with van der Waals surface area (Å²) in [5.74, 6) is -0.363. The highest BCUT2D eigenvalue weighted by Gasteiger charge is 2.26. The number of benzene rings is 2. The molecule has 8 nitrogen and oxygen atoms in total. The molecule has 0 unspecified atom stereocenters. The molecule has 0 radical (unpaired) electrons. The van der Waals surface area contributed by atoms with Crippen LogP contribution in [0.2, 0.25) is 5.02 Å². The van der Waals surface area contributed by atoms with Gasteiger partial charge in [-0.05, 0) is 51.1 Å². The number of amides is 2. The zero-order valence-electron chi connectivity index (χ0n) is 18.8. The average Bonchev–Trinajstić information content (AvgIpc) is 2.76. The maximum Gasteiger partial charge on any atom is 0.255 e. The van der Waals surface area contributed by atoms with Crippen LogP contribution in [0.4, 0.5) is 5.69 Å². The van der Waals surface area contributed by atoms with Gasteiger partial charge in [0.25, 0.3) is 5.91 Å². The Morgan fingerprint density at radius 2 is 1.84 bits per heavy atom. The first-order valence-electron chi connectivity index (χ1n) is 10.0. The number of halogens is 1. The zero-order chi connectivity index (χ0) is 24.1. The van der Waals surface area contributed by atoms with E-state index in [1.54, 1.807) is 45.0 Å². The Morgan fingerprint density at radius 3 is 2.44 bits per heavy atom. The molecule has 0 aromatic heterocycles. The summed E-state index contributed by atoms with van der Waals surface area (Å²) < 4.78 is 32.0. The van der Waals surface area contributed by atoms with Crippen LogP contribution in [-0.4, -0.2) is 62.7 Å². The summed E-state index contributed by atoms with van der Waals surface area (Å²) in [5.41, 5.74) is 0.543. The number of carbonyl (C=O) groups excluding carboxylic acids is 2. The summed E-state index contributed by atoms with van der Waals surface area (Å²) >= 11 is 6.21. The smallest absolute Gasteiger partial charge is 0.255 e. The summed E-state index contributed by atoms with van der Waals surface area (Å²) in [4.78, 5) is 26.9. The molecule has 2 aromatic carbocycles. The molecule has 2 amide bonds. The van der Waals surface area contributed by atoms with Crippen molar-refractivity contribution in [1.29, 1.82) is 0 Å². The van der Waals surface area contributed by atoms with Gasteiger partial charge in [-0.25, -0.2) is 8.42 Å². The summed E-state index contributed by atoms with van der Waals surface area (Å²) in [5, 5.41) is 2.82. The van der Waals surface area contributed by atoms with Crippen molar-refractivity contribution < 1.29 is 22.7 Å². The van der Waals surface area contributed by atoms with Crippen molar-refractivity contribution in [3.8, 4) is 5.75 Å². The molecule has 0 heterocycles. The summed E-state index contributed by atoms with van der Waals surface area (Å²) in [7, 11) is -0.808. The van der Waals surface area contributed by atoms with E-state index in [9.17, 15) is 18.0 Å². The van der Waals surface area contributed by atoms with E-state index in [0.717, 1.165) is 0 Å². The molecule has 0 aliphatic heterocycles. The lowest BCUT2D eigenvalue weighted by Crippen LogP contribution is -2.38. The largest absolute Gasteiger partial charge is 0.497 e. The van der Waals surface area contributed by atoms with Crippen LogP contribution in [-0.2, 0) is 14.8 Å². The number of ether oxygens (including phenoxy) is 1. The van der Waals surface area contributed by atoms with Crippen molar-refractivity contribution in [3.63, 3.8) is 0 Å². The van der Waals surface area contributed by atoms with E-state index >= 15 is 0 Å². The molecular formula is C22H28ClN3O5S.